The third-order valence-corrected chi connectivity index (χ3v) is 7.37. The smallest absolute Gasteiger partial charge is 0.224 e. The fourth-order valence-corrected chi connectivity index (χ4v) is 5.43. The molecule has 0 bridgehead atoms. The zero-order valence-corrected chi connectivity index (χ0v) is 20.3. The van der Waals surface area contributed by atoms with Gasteiger partial charge in [0.2, 0.25) is 17.8 Å². The van der Waals surface area contributed by atoms with Crippen LogP contribution in [0, 0.1) is 23.4 Å². The van der Waals surface area contributed by atoms with Crippen molar-refractivity contribution in [2.24, 2.45) is 11.7 Å². The molecule has 0 radical (unpaired) electrons. The molecule has 0 unspecified atom stereocenters. The molecule has 2 heterocycles. The van der Waals surface area contributed by atoms with Gasteiger partial charge in [-0.25, -0.2) is 23.1 Å². The number of halogens is 3. The molecule has 0 saturated heterocycles. The minimum Gasteiger partial charge on any atom is -0.393 e. The van der Waals surface area contributed by atoms with E-state index in [0.717, 1.165) is 25.7 Å². The number of rotatable bonds is 6. The van der Waals surface area contributed by atoms with Crippen molar-refractivity contribution in [3.05, 3.63) is 35.8 Å². The van der Waals surface area contributed by atoms with E-state index in [9.17, 15) is 23.1 Å². The van der Waals surface area contributed by atoms with Gasteiger partial charge in [0.1, 0.15) is 17.0 Å². The van der Waals surface area contributed by atoms with Crippen molar-refractivity contribution < 1.29 is 23.1 Å². The number of fused-ring (bicyclic) bond motifs is 1. The molecule has 5 N–H and O–H groups in total. The van der Waals surface area contributed by atoms with Crippen molar-refractivity contribution in [3.8, 4) is 0 Å². The molecule has 37 heavy (non-hydrogen) atoms. The van der Waals surface area contributed by atoms with E-state index in [1.165, 1.54) is 6.20 Å². The molecular weight excluding hydrogens is 487 g/mol. The minimum atomic E-state index is -1.09. The van der Waals surface area contributed by atoms with Crippen LogP contribution in [0.25, 0.3) is 11.2 Å². The second-order valence-corrected chi connectivity index (χ2v) is 10.0. The summed E-state index contributed by atoms with van der Waals surface area (Å²) >= 11 is 0. The number of primary amides is 1. The Morgan fingerprint density at radius 2 is 1.73 bits per heavy atom. The van der Waals surface area contributed by atoms with E-state index in [1.807, 2.05) is 0 Å². The van der Waals surface area contributed by atoms with Gasteiger partial charge in [-0.05, 0) is 44.9 Å². The van der Waals surface area contributed by atoms with E-state index in [4.69, 9.17) is 10.7 Å². The number of hydrogen-bond donors (Lipinski definition) is 4. The van der Waals surface area contributed by atoms with E-state index in [0.29, 0.717) is 61.3 Å². The Morgan fingerprint density at radius 3 is 2.43 bits per heavy atom. The molecule has 2 fully saturated rings. The number of aliphatic hydroxyl groups excluding tert-OH is 1. The van der Waals surface area contributed by atoms with Crippen LogP contribution in [-0.2, 0) is 4.79 Å². The summed E-state index contributed by atoms with van der Waals surface area (Å²) in [7, 11) is 0. The Morgan fingerprint density at radius 1 is 1.03 bits per heavy atom. The largest absolute Gasteiger partial charge is 0.393 e. The average Bonchev–Trinajstić information content (AvgIpc) is 3.07. The van der Waals surface area contributed by atoms with Crippen LogP contribution in [0.5, 0.6) is 0 Å². The number of carbonyl (C=O) groups is 1. The van der Waals surface area contributed by atoms with Crippen LogP contribution < -0.4 is 16.4 Å². The maximum atomic E-state index is 14.5. The Labute approximate surface area is 211 Å². The van der Waals surface area contributed by atoms with Crippen LogP contribution in [0.2, 0.25) is 0 Å². The van der Waals surface area contributed by atoms with Crippen LogP contribution in [0.15, 0.2) is 18.3 Å². The van der Waals surface area contributed by atoms with Gasteiger partial charge in [0.05, 0.1) is 12.3 Å². The van der Waals surface area contributed by atoms with Crippen LogP contribution >= 0.6 is 0 Å². The number of nitrogens with zero attached hydrogens (tertiary/aromatic N) is 4. The van der Waals surface area contributed by atoms with E-state index in [-0.39, 0.29) is 36.0 Å². The molecule has 1 aromatic carbocycles. The molecular formula is C25H30F3N7O2. The van der Waals surface area contributed by atoms with Crippen LogP contribution in [0.1, 0.15) is 63.8 Å². The van der Waals surface area contributed by atoms with Crippen molar-refractivity contribution in [3.63, 3.8) is 0 Å². The lowest BCUT2D eigenvalue weighted by Gasteiger charge is -2.29. The van der Waals surface area contributed by atoms with Crippen LogP contribution in [0.4, 0.5) is 30.8 Å². The minimum absolute atomic E-state index is 0.0114. The lowest BCUT2D eigenvalue weighted by molar-refractivity contribution is -0.122. The molecule has 0 aliphatic heterocycles. The van der Waals surface area contributed by atoms with Gasteiger partial charge in [-0.1, -0.05) is 12.8 Å². The normalized spacial score (nSPS) is 24.5. The Kier molecular flexibility index (Phi) is 7.18. The van der Waals surface area contributed by atoms with Crippen LogP contribution in [0.3, 0.4) is 0 Å². The number of imidazole rings is 1. The summed E-state index contributed by atoms with van der Waals surface area (Å²) in [6.07, 6.45) is 7.64. The van der Waals surface area contributed by atoms with Crippen molar-refractivity contribution in [1.82, 2.24) is 19.5 Å². The molecule has 1 amide bonds. The number of nitrogens with one attached hydrogen (secondary N) is 2. The number of amides is 1. The van der Waals surface area contributed by atoms with Gasteiger partial charge in [-0.15, -0.1) is 0 Å². The van der Waals surface area contributed by atoms with Gasteiger partial charge in [-0.2, -0.15) is 4.98 Å². The van der Waals surface area contributed by atoms with Gasteiger partial charge in [-0.3, -0.25) is 9.36 Å². The Bertz CT molecular complexity index is 1270. The fourth-order valence-electron chi connectivity index (χ4n) is 5.43. The van der Waals surface area contributed by atoms with Gasteiger partial charge in [0.15, 0.2) is 17.3 Å². The summed E-state index contributed by atoms with van der Waals surface area (Å²) < 4.78 is 44.2. The fraction of sp³-hybridized carbons (Fsp3) is 0.520. The van der Waals surface area contributed by atoms with E-state index >= 15 is 0 Å². The molecule has 3 aromatic rings. The van der Waals surface area contributed by atoms with Gasteiger partial charge < -0.3 is 21.5 Å². The highest BCUT2D eigenvalue weighted by Gasteiger charge is 2.30. The number of carbonyl (C=O) groups excluding carboxylic acids is 1. The second kappa shape index (κ2) is 10.5. The zero-order chi connectivity index (χ0) is 26.1. The highest BCUT2D eigenvalue weighted by Crippen LogP contribution is 2.37. The number of aliphatic hydroxyl groups is 1. The molecule has 2 aromatic heterocycles. The van der Waals surface area contributed by atoms with Crippen molar-refractivity contribution in [2.45, 2.75) is 76.0 Å². The number of benzene rings is 1. The number of hydrogen-bond acceptors (Lipinski definition) is 7. The lowest BCUT2D eigenvalue weighted by atomic mass is 9.85. The molecule has 9 nitrogen and oxygen atoms in total. The van der Waals surface area contributed by atoms with E-state index < -0.39 is 23.1 Å². The standard InChI is InChI=1S/C25H30F3N7O2/c26-14-9-18(27)21(19(28)10-14)33-25-32-20-12-30-24(31-15-3-1-2-4-17(36)11-15)34-23(20)35(25)16-7-5-13(6-8-16)22(29)37/h9-10,12-13,15-17,36H,1-8,11H2,(H2,29,37)(H,32,33)(H,30,31,34)/t13?,15-,16?,17-/m0/s1. The summed E-state index contributed by atoms with van der Waals surface area (Å²) in [4.78, 5) is 25.3. The van der Waals surface area contributed by atoms with Crippen molar-refractivity contribution >= 4 is 34.7 Å². The summed E-state index contributed by atoms with van der Waals surface area (Å²) in [6, 6.07) is 1.04. The monoisotopic (exact) mass is 517 g/mol. The molecule has 0 spiro atoms. The van der Waals surface area contributed by atoms with E-state index in [1.54, 1.807) is 4.57 Å². The highest BCUT2D eigenvalue weighted by molar-refractivity contribution is 5.78. The molecule has 2 atom stereocenters. The number of aromatic nitrogens is 4. The molecule has 2 saturated carbocycles. The molecule has 12 heteroatoms. The van der Waals surface area contributed by atoms with Gasteiger partial charge in [0, 0.05) is 30.1 Å². The third kappa shape index (κ3) is 5.48. The molecule has 2 aliphatic rings. The average molecular weight is 518 g/mol. The summed E-state index contributed by atoms with van der Waals surface area (Å²) in [6.45, 7) is 0. The SMILES string of the molecule is NC(=O)C1CCC(n2c(Nc3c(F)cc(F)cc3F)nc3cnc(N[C@H]4CCCC[C@H](O)C4)nc32)CC1. The molecule has 198 valence electrons. The first-order valence-corrected chi connectivity index (χ1v) is 12.7. The zero-order valence-electron chi connectivity index (χ0n) is 20.3. The second-order valence-electron chi connectivity index (χ2n) is 10.0. The number of nitrogens with two attached hydrogens (primary N) is 1. The van der Waals surface area contributed by atoms with Crippen molar-refractivity contribution in [1.29, 1.82) is 0 Å². The van der Waals surface area contributed by atoms with Crippen molar-refractivity contribution in [2.75, 3.05) is 10.6 Å². The topological polar surface area (TPSA) is 131 Å². The van der Waals surface area contributed by atoms with Crippen LogP contribution in [-0.4, -0.2) is 42.7 Å². The maximum absolute atomic E-state index is 14.5. The summed E-state index contributed by atoms with van der Waals surface area (Å²) in [5, 5.41) is 16.2. The quantitative estimate of drug-likeness (QED) is 0.359. The lowest BCUT2D eigenvalue weighted by Crippen LogP contribution is -2.29. The predicted molar refractivity (Wildman–Crippen MR) is 132 cm³/mol. The van der Waals surface area contributed by atoms with Gasteiger partial charge in [0.25, 0.3) is 0 Å². The Balaban J connectivity index is 1.51. The molecule has 2 aliphatic carbocycles. The number of anilines is 3. The summed E-state index contributed by atoms with van der Waals surface area (Å²) in [5.41, 5.74) is 5.84. The third-order valence-electron chi connectivity index (χ3n) is 7.37. The first-order chi connectivity index (χ1) is 17.8. The summed E-state index contributed by atoms with van der Waals surface area (Å²) in [5.74, 6) is -3.28. The van der Waals surface area contributed by atoms with Gasteiger partial charge >= 0.3 is 0 Å². The predicted octanol–water partition coefficient (Wildman–Crippen LogP) is 4.31. The first-order valence-electron chi connectivity index (χ1n) is 12.7. The molecule has 5 rings (SSSR count). The first kappa shape index (κ1) is 25.2. The highest BCUT2D eigenvalue weighted by atomic mass is 19.1. The maximum Gasteiger partial charge on any atom is 0.224 e. The Hall–Kier alpha value is -3.41. The van der Waals surface area contributed by atoms with E-state index in [2.05, 4.69) is 20.6 Å².